The van der Waals surface area contributed by atoms with Crippen molar-refractivity contribution in [2.24, 2.45) is 5.10 Å². The highest BCUT2D eigenvalue weighted by Gasteiger charge is 2.12. The minimum absolute atomic E-state index is 0.225. The minimum atomic E-state index is -0.451. The van der Waals surface area contributed by atoms with E-state index in [0.29, 0.717) is 21.4 Å². The molecule has 0 saturated carbocycles. The summed E-state index contributed by atoms with van der Waals surface area (Å²) >= 11 is 11.8. The van der Waals surface area contributed by atoms with Gasteiger partial charge in [-0.3, -0.25) is 19.7 Å². The number of nitrogens with one attached hydrogen (secondary N) is 2. The average molecular weight is 459 g/mol. The zero-order valence-corrected chi connectivity index (χ0v) is 18.4. The lowest BCUT2D eigenvalue weighted by Gasteiger charge is -2.11. The van der Waals surface area contributed by atoms with Gasteiger partial charge in [-0.15, -0.1) is 0 Å². The van der Waals surface area contributed by atoms with Gasteiger partial charge in [0.15, 0.2) is 6.61 Å². The smallest absolute Gasteiger partial charge is 0.277 e. The summed E-state index contributed by atoms with van der Waals surface area (Å²) in [6.07, 6.45) is 1.50. The van der Waals surface area contributed by atoms with Gasteiger partial charge in [0.25, 0.3) is 11.8 Å². The van der Waals surface area contributed by atoms with Gasteiger partial charge < -0.3 is 4.74 Å². The molecule has 2 aromatic carbocycles. The SMILES string of the molecule is Cc1cc(/C=N/NC(=O)COc2ccc(Cl)cc2Cl)c(C)n1NC(=O)c1ccccc1. The molecule has 0 atom stereocenters. The van der Waals surface area contributed by atoms with Crippen molar-refractivity contribution in [3.05, 3.63) is 87.2 Å². The number of hydrazone groups is 1. The molecule has 0 aliphatic carbocycles. The summed E-state index contributed by atoms with van der Waals surface area (Å²) in [6.45, 7) is 3.44. The van der Waals surface area contributed by atoms with E-state index in [9.17, 15) is 9.59 Å². The zero-order valence-electron chi connectivity index (χ0n) is 16.9. The molecule has 0 aliphatic heterocycles. The summed E-state index contributed by atoms with van der Waals surface area (Å²) in [6, 6.07) is 15.5. The maximum atomic E-state index is 12.4. The predicted molar refractivity (Wildman–Crippen MR) is 122 cm³/mol. The number of halogens is 2. The summed E-state index contributed by atoms with van der Waals surface area (Å²) in [5.41, 5.74) is 8.12. The highest BCUT2D eigenvalue weighted by atomic mass is 35.5. The lowest BCUT2D eigenvalue weighted by molar-refractivity contribution is -0.123. The van der Waals surface area contributed by atoms with Gasteiger partial charge in [-0.1, -0.05) is 41.4 Å². The van der Waals surface area contributed by atoms with E-state index in [1.165, 1.54) is 12.3 Å². The van der Waals surface area contributed by atoms with Gasteiger partial charge in [-0.2, -0.15) is 5.10 Å². The molecule has 0 bridgehead atoms. The fourth-order valence-electron chi connectivity index (χ4n) is 2.79. The van der Waals surface area contributed by atoms with Crippen molar-refractivity contribution < 1.29 is 14.3 Å². The summed E-state index contributed by atoms with van der Waals surface area (Å²) in [5, 5.41) is 4.75. The number of carbonyl (C=O) groups is 2. The standard InChI is InChI=1S/C22H20Cl2N4O3/c1-14-10-17(15(2)28(14)27-22(30)16-6-4-3-5-7-16)12-25-26-21(29)13-31-20-9-8-18(23)11-19(20)24/h3-12H,13H2,1-2H3,(H,26,29)(H,27,30)/b25-12+. The van der Waals surface area contributed by atoms with Gasteiger partial charge >= 0.3 is 0 Å². The predicted octanol–water partition coefficient (Wildman–Crippen LogP) is 4.32. The Kier molecular flexibility index (Phi) is 7.33. The Hall–Kier alpha value is -3.29. The van der Waals surface area contributed by atoms with E-state index < -0.39 is 5.91 Å². The molecule has 2 amide bonds. The second kappa shape index (κ2) is 10.1. The Balaban J connectivity index is 1.57. The van der Waals surface area contributed by atoms with Gasteiger partial charge in [0.2, 0.25) is 0 Å². The number of aryl methyl sites for hydroxylation is 1. The fourth-order valence-corrected chi connectivity index (χ4v) is 3.25. The first kappa shape index (κ1) is 22.4. The third-order valence-corrected chi connectivity index (χ3v) is 4.90. The van der Waals surface area contributed by atoms with Crippen LogP contribution in [0.3, 0.4) is 0 Å². The monoisotopic (exact) mass is 458 g/mol. The molecule has 0 radical (unpaired) electrons. The van der Waals surface area contributed by atoms with Crippen molar-refractivity contribution in [2.45, 2.75) is 13.8 Å². The first-order valence-electron chi connectivity index (χ1n) is 9.30. The molecule has 0 aliphatic rings. The number of hydrogen-bond acceptors (Lipinski definition) is 4. The lowest BCUT2D eigenvalue weighted by Crippen LogP contribution is -2.25. The van der Waals surface area contributed by atoms with Crippen molar-refractivity contribution in [1.82, 2.24) is 10.1 Å². The van der Waals surface area contributed by atoms with Crippen LogP contribution in [0.15, 0.2) is 59.7 Å². The number of amides is 2. The first-order valence-corrected chi connectivity index (χ1v) is 10.1. The first-order chi connectivity index (χ1) is 14.8. The Labute approximate surface area is 189 Å². The molecule has 7 nitrogen and oxygen atoms in total. The number of ether oxygens (including phenoxy) is 1. The van der Waals surface area contributed by atoms with Crippen LogP contribution in [0.1, 0.15) is 27.3 Å². The molecule has 160 valence electrons. The van der Waals surface area contributed by atoms with Gasteiger partial charge in [0.1, 0.15) is 5.75 Å². The van der Waals surface area contributed by atoms with E-state index in [1.807, 2.05) is 26.0 Å². The van der Waals surface area contributed by atoms with Crippen LogP contribution in [-0.4, -0.2) is 29.3 Å². The number of aromatic nitrogens is 1. The van der Waals surface area contributed by atoms with Gasteiger partial charge in [-0.05, 0) is 50.2 Å². The molecule has 3 rings (SSSR count). The van der Waals surface area contributed by atoms with E-state index >= 15 is 0 Å². The highest BCUT2D eigenvalue weighted by Crippen LogP contribution is 2.27. The quantitative estimate of drug-likeness (QED) is 0.408. The Morgan fingerprint density at radius 2 is 1.84 bits per heavy atom. The third kappa shape index (κ3) is 5.87. The normalized spacial score (nSPS) is 10.8. The van der Waals surface area contributed by atoms with E-state index in [1.54, 1.807) is 41.1 Å². The largest absolute Gasteiger partial charge is 0.482 e. The molecule has 3 aromatic rings. The minimum Gasteiger partial charge on any atom is -0.482 e. The molecule has 1 heterocycles. The molecule has 2 N–H and O–H groups in total. The summed E-state index contributed by atoms with van der Waals surface area (Å²) in [4.78, 5) is 24.4. The van der Waals surface area contributed by atoms with Crippen LogP contribution in [0.2, 0.25) is 10.0 Å². The van der Waals surface area contributed by atoms with Crippen LogP contribution in [0.25, 0.3) is 0 Å². The molecule has 0 spiro atoms. The fraction of sp³-hybridized carbons (Fsp3) is 0.136. The molecular formula is C22H20Cl2N4O3. The molecule has 31 heavy (non-hydrogen) atoms. The van der Waals surface area contributed by atoms with Crippen LogP contribution in [0, 0.1) is 13.8 Å². The summed E-state index contributed by atoms with van der Waals surface area (Å²) in [5.74, 6) is -0.325. The summed E-state index contributed by atoms with van der Waals surface area (Å²) < 4.78 is 7.03. The van der Waals surface area contributed by atoms with Crippen LogP contribution in [0.4, 0.5) is 0 Å². The maximum absolute atomic E-state index is 12.4. The van der Waals surface area contributed by atoms with Crippen molar-refractivity contribution in [3.63, 3.8) is 0 Å². The second-order valence-corrected chi connectivity index (χ2v) is 7.47. The van der Waals surface area contributed by atoms with E-state index in [-0.39, 0.29) is 12.5 Å². The van der Waals surface area contributed by atoms with Crippen LogP contribution in [-0.2, 0) is 4.79 Å². The van der Waals surface area contributed by atoms with Gasteiger partial charge in [-0.25, -0.2) is 5.43 Å². The maximum Gasteiger partial charge on any atom is 0.277 e. The third-order valence-electron chi connectivity index (χ3n) is 4.37. The lowest BCUT2D eigenvalue weighted by atomic mass is 10.2. The van der Waals surface area contributed by atoms with E-state index in [4.69, 9.17) is 27.9 Å². The van der Waals surface area contributed by atoms with Crippen molar-refractivity contribution >= 4 is 41.2 Å². The van der Waals surface area contributed by atoms with Crippen LogP contribution < -0.4 is 15.6 Å². The molecule has 9 heteroatoms. The Morgan fingerprint density at radius 3 is 2.55 bits per heavy atom. The molecular weight excluding hydrogens is 439 g/mol. The van der Waals surface area contributed by atoms with Gasteiger partial charge in [0.05, 0.1) is 11.2 Å². The van der Waals surface area contributed by atoms with E-state index in [0.717, 1.165) is 17.0 Å². The number of hydrogen-bond donors (Lipinski definition) is 2. The number of nitrogens with zero attached hydrogens (tertiary/aromatic N) is 2. The van der Waals surface area contributed by atoms with Gasteiger partial charge in [0, 0.05) is 27.5 Å². The second-order valence-electron chi connectivity index (χ2n) is 6.63. The Bertz CT molecular complexity index is 1130. The van der Waals surface area contributed by atoms with Crippen LogP contribution >= 0.6 is 23.2 Å². The summed E-state index contributed by atoms with van der Waals surface area (Å²) in [7, 11) is 0. The highest BCUT2D eigenvalue weighted by molar-refractivity contribution is 6.35. The number of carbonyl (C=O) groups excluding carboxylic acids is 2. The Morgan fingerprint density at radius 1 is 1.10 bits per heavy atom. The number of benzene rings is 2. The molecule has 0 saturated heterocycles. The molecule has 1 aromatic heterocycles. The molecule has 0 unspecified atom stereocenters. The zero-order chi connectivity index (χ0) is 22.4. The van der Waals surface area contributed by atoms with Crippen LogP contribution in [0.5, 0.6) is 5.75 Å². The molecule has 0 fully saturated rings. The average Bonchev–Trinajstić information content (AvgIpc) is 3.01. The van der Waals surface area contributed by atoms with Crippen molar-refractivity contribution in [1.29, 1.82) is 0 Å². The van der Waals surface area contributed by atoms with E-state index in [2.05, 4.69) is 16.0 Å². The topological polar surface area (TPSA) is 84.7 Å². The van der Waals surface area contributed by atoms with Crippen molar-refractivity contribution in [2.75, 3.05) is 12.0 Å². The van der Waals surface area contributed by atoms with Crippen molar-refractivity contribution in [3.8, 4) is 5.75 Å². The number of rotatable bonds is 7.